The zero-order chi connectivity index (χ0) is 13.0. The minimum absolute atomic E-state index is 0.0148. The summed E-state index contributed by atoms with van der Waals surface area (Å²) in [4.78, 5) is 13.9. The molecular weight excluding hydrogens is 238 g/mol. The zero-order valence-electron chi connectivity index (χ0n) is 10.6. The van der Waals surface area contributed by atoms with E-state index in [4.69, 9.17) is 17.3 Å². The molecule has 4 nitrogen and oxygen atoms in total. The number of nitrogens with two attached hydrogens (primary N) is 1. The maximum absolute atomic E-state index is 12.2. The number of hydrogen-bond acceptors (Lipinski definition) is 2. The lowest BCUT2D eigenvalue weighted by atomic mass is 10.3. The van der Waals surface area contributed by atoms with E-state index in [1.165, 1.54) is 0 Å². The fraction of sp³-hybridized carbons (Fsp3) is 0.583. The number of hydrogen-bond donors (Lipinski definition) is 1. The molecule has 0 saturated heterocycles. The Labute approximate surface area is 107 Å². The van der Waals surface area contributed by atoms with Gasteiger partial charge in [-0.1, -0.05) is 11.6 Å². The second-order valence-electron chi connectivity index (χ2n) is 4.41. The molecule has 0 bridgehead atoms. The molecule has 1 heterocycles. The van der Waals surface area contributed by atoms with Crippen molar-refractivity contribution in [1.82, 2.24) is 9.47 Å². The largest absolute Gasteiger partial charge is 0.340 e. The number of halogens is 1. The summed E-state index contributed by atoms with van der Waals surface area (Å²) in [6, 6.07) is 1.92. The molecule has 0 saturated carbocycles. The molecule has 1 rings (SSSR count). The Balaban J connectivity index is 2.87. The van der Waals surface area contributed by atoms with Crippen molar-refractivity contribution in [2.75, 3.05) is 20.1 Å². The predicted molar refractivity (Wildman–Crippen MR) is 70.5 cm³/mol. The van der Waals surface area contributed by atoms with Crippen molar-refractivity contribution in [1.29, 1.82) is 0 Å². The molecule has 1 aromatic heterocycles. The smallest absolute Gasteiger partial charge is 0.270 e. The predicted octanol–water partition coefficient (Wildman–Crippen LogP) is 2.14. The van der Waals surface area contributed by atoms with E-state index >= 15 is 0 Å². The second-order valence-corrected chi connectivity index (χ2v) is 4.85. The Morgan fingerprint density at radius 1 is 1.59 bits per heavy atom. The number of amides is 1. The molecule has 17 heavy (non-hydrogen) atoms. The molecule has 0 aliphatic heterocycles. The van der Waals surface area contributed by atoms with Crippen LogP contribution in [0.25, 0.3) is 0 Å². The number of carbonyl (C=O) groups excluding carboxylic acids is 1. The monoisotopic (exact) mass is 257 g/mol. The minimum Gasteiger partial charge on any atom is -0.340 e. The van der Waals surface area contributed by atoms with Crippen LogP contribution in [0.1, 0.15) is 36.8 Å². The van der Waals surface area contributed by atoms with Crippen molar-refractivity contribution < 1.29 is 4.79 Å². The first-order valence-corrected chi connectivity index (χ1v) is 6.18. The molecular formula is C12H20ClN3O. The highest BCUT2D eigenvalue weighted by Crippen LogP contribution is 2.20. The average Bonchev–Trinajstić information content (AvgIpc) is 2.67. The Morgan fingerprint density at radius 2 is 2.24 bits per heavy atom. The van der Waals surface area contributed by atoms with E-state index in [0.717, 1.165) is 6.42 Å². The Kier molecular flexibility index (Phi) is 5.02. The molecule has 1 aromatic rings. The molecule has 2 N–H and O–H groups in total. The fourth-order valence-electron chi connectivity index (χ4n) is 1.67. The maximum Gasteiger partial charge on any atom is 0.270 e. The number of rotatable bonds is 5. The standard InChI is InChI=1S/C12H20ClN3O/c1-9(2)16-8-10(13)7-11(16)12(17)15(3)6-4-5-14/h7-9H,4-6,14H2,1-3H3. The van der Waals surface area contributed by atoms with Crippen molar-refractivity contribution >= 4 is 17.5 Å². The lowest BCUT2D eigenvalue weighted by Crippen LogP contribution is -2.30. The lowest BCUT2D eigenvalue weighted by molar-refractivity contribution is 0.0782. The fourth-order valence-corrected chi connectivity index (χ4v) is 1.88. The number of nitrogens with zero attached hydrogens (tertiary/aromatic N) is 2. The van der Waals surface area contributed by atoms with Crippen LogP contribution >= 0.6 is 11.6 Å². The van der Waals surface area contributed by atoms with Crippen molar-refractivity contribution in [3.05, 3.63) is 23.0 Å². The van der Waals surface area contributed by atoms with Gasteiger partial charge in [-0.25, -0.2) is 0 Å². The molecule has 0 fully saturated rings. The molecule has 0 atom stereocenters. The summed E-state index contributed by atoms with van der Waals surface area (Å²) < 4.78 is 1.89. The van der Waals surface area contributed by atoms with Crippen LogP contribution in [0.3, 0.4) is 0 Å². The first-order chi connectivity index (χ1) is 7.97. The number of aromatic nitrogens is 1. The summed E-state index contributed by atoms with van der Waals surface area (Å²) >= 11 is 5.95. The van der Waals surface area contributed by atoms with Gasteiger partial charge in [0.05, 0.1) is 5.02 Å². The van der Waals surface area contributed by atoms with Crippen molar-refractivity contribution in [2.24, 2.45) is 5.73 Å². The molecule has 0 spiro atoms. The van der Waals surface area contributed by atoms with E-state index in [2.05, 4.69) is 0 Å². The van der Waals surface area contributed by atoms with Crippen molar-refractivity contribution in [3.63, 3.8) is 0 Å². The van der Waals surface area contributed by atoms with Gasteiger partial charge in [-0.05, 0) is 32.9 Å². The SMILES string of the molecule is CC(C)n1cc(Cl)cc1C(=O)N(C)CCCN. The van der Waals surface area contributed by atoms with Gasteiger partial charge in [-0.2, -0.15) is 0 Å². The molecule has 0 aliphatic rings. The summed E-state index contributed by atoms with van der Waals surface area (Å²) in [5, 5.41) is 0.592. The Hall–Kier alpha value is -1.00. The van der Waals surface area contributed by atoms with Crippen LogP contribution in [0.4, 0.5) is 0 Å². The van der Waals surface area contributed by atoms with E-state index < -0.39 is 0 Å². The Bertz CT molecular complexity index is 387. The van der Waals surface area contributed by atoms with E-state index in [1.54, 1.807) is 24.2 Å². The summed E-state index contributed by atoms with van der Waals surface area (Å²) in [6.07, 6.45) is 2.59. The molecule has 96 valence electrons. The molecule has 0 aliphatic carbocycles. The zero-order valence-corrected chi connectivity index (χ0v) is 11.4. The van der Waals surface area contributed by atoms with Gasteiger partial charge < -0.3 is 15.2 Å². The molecule has 0 radical (unpaired) electrons. The van der Waals surface area contributed by atoms with Gasteiger partial charge in [0.2, 0.25) is 0 Å². The van der Waals surface area contributed by atoms with Gasteiger partial charge in [0, 0.05) is 25.8 Å². The average molecular weight is 258 g/mol. The topological polar surface area (TPSA) is 51.3 Å². The minimum atomic E-state index is -0.0148. The molecule has 0 aromatic carbocycles. The lowest BCUT2D eigenvalue weighted by Gasteiger charge is -2.19. The van der Waals surface area contributed by atoms with Gasteiger partial charge in [0.1, 0.15) is 5.69 Å². The van der Waals surface area contributed by atoms with Crippen LogP contribution in [-0.4, -0.2) is 35.5 Å². The maximum atomic E-state index is 12.2. The van der Waals surface area contributed by atoms with Crippen LogP contribution in [0.5, 0.6) is 0 Å². The molecule has 5 heteroatoms. The molecule has 1 amide bonds. The quantitative estimate of drug-likeness (QED) is 0.879. The first-order valence-electron chi connectivity index (χ1n) is 5.80. The van der Waals surface area contributed by atoms with Gasteiger partial charge in [-0.15, -0.1) is 0 Å². The highest BCUT2D eigenvalue weighted by Gasteiger charge is 2.18. The summed E-state index contributed by atoms with van der Waals surface area (Å²) in [6.45, 7) is 5.29. The van der Waals surface area contributed by atoms with Crippen LogP contribution < -0.4 is 5.73 Å². The second kappa shape index (κ2) is 6.07. The highest BCUT2D eigenvalue weighted by atomic mass is 35.5. The Morgan fingerprint density at radius 3 is 2.76 bits per heavy atom. The highest BCUT2D eigenvalue weighted by molar-refractivity contribution is 6.31. The van der Waals surface area contributed by atoms with Crippen LogP contribution in [0.2, 0.25) is 5.02 Å². The third kappa shape index (κ3) is 3.48. The van der Waals surface area contributed by atoms with Crippen molar-refractivity contribution in [2.45, 2.75) is 26.3 Å². The van der Waals surface area contributed by atoms with Gasteiger partial charge in [0.25, 0.3) is 5.91 Å². The van der Waals surface area contributed by atoms with Gasteiger partial charge in [0.15, 0.2) is 0 Å². The summed E-state index contributed by atoms with van der Waals surface area (Å²) in [5.41, 5.74) is 6.06. The summed E-state index contributed by atoms with van der Waals surface area (Å²) in [7, 11) is 1.78. The normalized spacial score (nSPS) is 10.9. The van der Waals surface area contributed by atoms with Crippen LogP contribution in [0, 0.1) is 0 Å². The van der Waals surface area contributed by atoms with Crippen LogP contribution in [0.15, 0.2) is 12.3 Å². The van der Waals surface area contributed by atoms with Gasteiger partial charge >= 0.3 is 0 Å². The first kappa shape index (κ1) is 14.1. The van der Waals surface area contributed by atoms with E-state index in [-0.39, 0.29) is 11.9 Å². The van der Waals surface area contributed by atoms with Gasteiger partial charge in [-0.3, -0.25) is 4.79 Å². The van der Waals surface area contributed by atoms with Crippen LogP contribution in [-0.2, 0) is 0 Å². The third-order valence-electron chi connectivity index (χ3n) is 2.63. The molecule has 0 unspecified atom stereocenters. The van der Waals surface area contributed by atoms with E-state index in [9.17, 15) is 4.79 Å². The summed E-state index contributed by atoms with van der Waals surface area (Å²) in [5.74, 6) is -0.0148. The van der Waals surface area contributed by atoms with E-state index in [1.807, 2.05) is 18.4 Å². The number of carbonyl (C=O) groups is 1. The van der Waals surface area contributed by atoms with E-state index in [0.29, 0.717) is 23.8 Å². The third-order valence-corrected chi connectivity index (χ3v) is 2.84. The van der Waals surface area contributed by atoms with Crippen molar-refractivity contribution in [3.8, 4) is 0 Å².